The largest absolute Gasteiger partial charge is 0.381 e. The summed E-state index contributed by atoms with van der Waals surface area (Å²) in [6, 6.07) is 0.326. The van der Waals surface area contributed by atoms with E-state index in [1.165, 1.54) is 6.42 Å². The van der Waals surface area contributed by atoms with Crippen molar-refractivity contribution in [2.75, 3.05) is 26.3 Å². The number of hydrogen-bond donors (Lipinski definition) is 2. The molecular formula is C13H28N2O. The van der Waals surface area contributed by atoms with Crippen LogP contribution < -0.4 is 11.1 Å². The monoisotopic (exact) mass is 228 g/mol. The number of hydrogen-bond acceptors (Lipinski definition) is 3. The number of ether oxygens (including phenoxy) is 1. The Hall–Kier alpha value is -0.120. The van der Waals surface area contributed by atoms with Crippen molar-refractivity contribution >= 4 is 0 Å². The molecule has 1 saturated heterocycles. The molecule has 0 amide bonds. The van der Waals surface area contributed by atoms with Crippen molar-refractivity contribution in [3.05, 3.63) is 0 Å². The van der Waals surface area contributed by atoms with E-state index >= 15 is 0 Å². The van der Waals surface area contributed by atoms with Gasteiger partial charge in [-0.25, -0.2) is 0 Å². The third kappa shape index (κ3) is 6.46. The third-order valence-corrected chi connectivity index (χ3v) is 3.02. The lowest BCUT2D eigenvalue weighted by Crippen LogP contribution is -2.32. The molecule has 16 heavy (non-hydrogen) atoms. The van der Waals surface area contributed by atoms with Crippen molar-refractivity contribution in [2.45, 2.75) is 46.1 Å². The van der Waals surface area contributed by atoms with Gasteiger partial charge in [0, 0.05) is 19.2 Å². The van der Waals surface area contributed by atoms with Gasteiger partial charge in [-0.15, -0.1) is 0 Å². The van der Waals surface area contributed by atoms with E-state index in [-0.39, 0.29) is 0 Å². The predicted molar refractivity (Wildman–Crippen MR) is 68.5 cm³/mol. The van der Waals surface area contributed by atoms with Gasteiger partial charge in [0.15, 0.2) is 0 Å². The molecule has 3 N–H and O–H groups in total. The van der Waals surface area contributed by atoms with E-state index in [0.29, 0.717) is 11.5 Å². The summed E-state index contributed by atoms with van der Waals surface area (Å²) in [5.74, 6) is 0.721. The van der Waals surface area contributed by atoms with Crippen LogP contribution >= 0.6 is 0 Å². The van der Waals surface area contributed by atoms with Crippen molar-refractivity contribution in [3.8, 4) is 0 Å². The first-order valence-corrected chi connectivity index (χ1v) is 6.51. The van der Waals surface area contributed by atoms with Crippen LogP contribution in [0, 0.1) is 11.3 Å². The topological polar surface area (TPSA) is 47.3 Å². The Morgan fingerprint density at radius 3 is 2.75 bits per heavy atom. The van der Waals surface area contributed by atoms with Gasteiger partial charge in [0.05, 0.1) is 6.61 Å². The minimum absolute atomic E-state index is 0.326. The van der Waals surface area contributed by atoms with Gasteiger partial charge in [0.2, 0.25) is 0 Å². The van der Waals surface area contributed by atoms with Crippen LogP contribution in [-0.4, -0.2) is 32.3 Å². The fraction of sp³-hybridized carbons (Fsp3) is 1.00. The first-order valence-electron chi connectivity index (χ1n) is 6.51. The van der Waals surface area contributed by atoms with Crippen LogP contribution in [0.5, 0.6) is 0 Å². The molecule has 1 aliphatic rings. The average Bonchev–Trinajstić information content (AvgIpc) is 2.62. The van der Waals surface area contributed by atoms with E-state index in [1.807, 2.05) is 0 Å². The normalized spacial score (nSPS) is 23.6. The first kappa shape index (κ1) is 13.9. The average molecular weight is 228 g/mol. The van der Waals surface area contributed by atoms with Gasteiger partial charge in [-0.1, -0.05) is 20.8 Å². The molecule has 96 valence electrons. The van der Waals surface area contributed by atoms with Gasteiger partial charge in [0.1, 0.15) is 0 Å². The summed E-state index contributed by atoms with van der Waals surface area (Å²) < 4.78 is 5.34. The molecule has 1 heterocycles. The molecule has 1 fully saturated rings. The van der Waals surface area contributed by atoms with Gasteiger partial charge in [-0.05, 0) is 37.1 Å². The highest BCUT2D eigenvalue weighted by molar-refractivity contribution is 4.73. The molecule has 2 unspecified atom stereocenters. The second-order valence-corrected chi connectivity index (χ2v) is 6.25. The Labute approximate surface area is 100 Å². The summed E-state index contributed by atoms with van der Waals surface area (Å²) in [6.07, 6.45) is 3.38. The number of nitrogens with two attached hydrogens (primary N) is 1. The van der Waals surface area contributed by atoms with Crippen LogP contribution in [0.25, 0.3) is 0 Å². The molecule has 3 nitrogen and oxygen atoms in total. The highest BCUT2D eigenvalue weighted by Crippen LogP contribution is 2.20. The Kier molecular flexibility index (Phi) is 5.73. The molecule has 0 aliphatic carbocycles. The van der Waals surface area contributed by atoms with E-state index in [0.717, 1.165) is 45.1 Å². The van der Waals surface area contributed by atoms with Gasteiger partial charge in [-0.2, -0.15) is 0 Å². The third-order valence-electron chi connectivity index (χ3n) is 3.02. The molecule has 0 saturated carbocycles. The van der Waals surface area contributed by atoms with Crippen LogP contribution in [0.15, 0.2) is 0 Å². The Balaban J connectivity index is 1.97. The SMILES string of the molecule is CC(C)(C)CC(N)CCNCC1CCOC1. The van der Waals surface area contributed by atoms with E-state index in [2.05, 4.69) is 26.1 Å². The van der Waals surface area contributed by atoms with Crippen LogP contribution in [0.2, 0.25) is 0 Å². The molecule has 0 aromatic heterocycles. The molecule has 3 heteroatoms. The second-order valence-electron chi connectivity index (χ2n) is 6.25. The van der Waals surface area contributed by atoms with Gasteiger partial charge in [-0.3, -0.25) is 0 Å². The summed E-state index contributed by atoms with van der Waals surface area (Å²) in [5, 5.41) is 3.48. The van der Waals surface area contributed by atoms with Crippen LogP contribution in [0.3, 0.4) is 0 Å². The summed E-state index contributed by atoms with van der Waals surface area (Å²) in [5.41, 5.74) is 6.44. The molecule has 1 aliphatic heterocycles. The number of rotatable bonds is 6. The van der Waals surface area contributed by atoms with Crippen LogP contribution in [-0.2, 0) is 4.74 Å². The molecule has 0 bridgehead atoms. The van der Waals surface area contributed by atoms with E-state index < -0.39 is 0 Å². The fourth-order valence-corrected chi connectivity index (χ4v) is 2.23. The molecule has 1 rings (SSSR count). The molecule has 0 spiro atoms. The molecule has 0 aromatic carbocycles. The molecule has 2 atom stereocenters. The van der Waals surface area contributed by atoms with Crippen molar-refractivity contribution in [3.63, 3.8) is 0 Å². The second kappa shape index (κ2) is 6.58. The minimum Gasteiger partial charge on any atom is -0.381 e. The van der Waals surface area contributed by atoms with Crippen LogP contribution in [0.1, 0.15) is 40.0 Å². The van der Waals surface area contributed by atoms with Crippen molar-refractivity contribution in [1.29, 1.82) is 0 Å². The fourth-order valence-electron chi connectivity index (χ4n) is 2.23. The lowest BCUT2D eigenvalue weighted by molar-refractivity contribution is 0.185. The molecule has 0 radical (unpaired) electrons. The highest BCUT2D eigenvalue weighted by atomic mass is 16.5. The Bertz CT molecular complexity index is 183. The molecular weight excluding hydrogens is 200 g/mol. The zero-order valence-corrected chi connectivity index (χ0v) is 11.1. The van der Waals surface area contributed by atoms with Crippen molar-refractivity contribution < 1.29 is 4.74 Å². The summed E-state index contributed by atoms with van der Waals surface area (Å²) in [4.78, 5) is 0. The zero-order chi connectivity index (χ0) is 12.0. The maximum Gasteiger partial charge on any atom is 0.0507 e. The minimum atomic E-state index is 0.326. The highest BCUT2D eigenvalue weighted by Gasteiger charge is 2.16. The quantitative estimate of drug-likeness (QED) is 0.681. The Morgan fingerprint density at radius 1 is 1.44 bits per heavy atom. The maximum atomic E-state index is 6.09. The lowest BCUT2D eigenvalue weighted by atomic mass is 9.87. The zero-order valence-electron chi connectivity index (χ0n) is 11.1. The van der Waals surface area contributed by atoms with Crippen LogP contribution in [0.4, 0.5) is 0 Å². The maximum absolute atomic E-state index is 6.09. The van der Waals surface area contributed by atoms with Gasteiger partial charge >= 0.3 is 0 Å². The van der Waals surface area contributed by atoms with E-state index in [1.54, 1.807) is 0 Å². The van der Waals surface area contributed by atoms with E-state index in [4.69, 9.17) is 10.5 Å². The Morgan fingerprint density at radius 2 is 2.19 bits per heavy atom. The van der Waals surface area contributed by atoms with Crippen molar-refractivity contribution in [1.82, 2.24) is 5.32 Å². The lowest BCUT2D eigenvalue weighted by Gasteiger charge is -2.23. The standard InChI is InChI=1S/C13H28N2O/c1-13(2,3)8-12(14)4-6-15-9-11-5-7-16-10-11/h11-12,15H,4-10,14H2,1-3H3. The van der Waals surface area contributed by atoms with E-state index in [9.17, 15) is 0 Å². The van der Waals surface area contributed by atoms with Gasteiger partial charge < -0.3 is 15.8 Å². The first-order chi connectivity index (χ1) is 7.47. The summed E-state index contributed by atoms with van der Waals surface area (Å²) in [6.45, 7) is 10.7. The van der Waals surface area contributed by atoms with Crippen molar-refractivity contribution in [2.24, 2.45) is 17.1 Å². The smallest absolute Gasteiger partial charge is 0.0507 e. The molecule has 0 aromatic rings. The predicted octanol–water partition coefficient (Wildman–Crippen LogP) is 1.77. The summed E-state index contributed by atoms with van der Waals surface area (Å²) >= 11 is 0. The number of nitrogens with one attached hydrogen (secondary N) is 1. The summed E-state index contributed by atoms with van der Waals surface area (Å²) in [7, 11) is 0. The van der Waals surface area contributed by atoms with Gasteiger partial charge in [0.25, 0.3) is 0 Å².